The van der Waals surface area contributed by atoms with E-state index in [4.69, 9.17) is 4.74 Å². The molecule has 0 fully saturated rings. The normalized spacial score (nSPS) is 12.6. The first-order valence-electron chi connectivity index (χ1n) is 8.85. The summed E-state index contributed by atoms with van der Waals surface area (Å²) in [5.74, 6) is -0.562. The van der Waals surface area contributed by atoms with E-state index in [1.165, 1.54) is 18.2 Å². The summed E-state index contributed by atoms with van der Waals surface area (Å²) in [5, 5.41) is 11.1. The Kier molecular flexibility index (Phi) is 5.96. The number of benzene rings is 3. The largest absolute Gasteiger partial charge is 0.508 e. The van der Waals surface area contributed by atoms with Crippen LogP contribution in [-0.2, 0) is 26.0 Å². The smallest absolute Gasteiger partial charge is 0.324 e. The molecule has 0 aliphatic rings. The van der Waals surface area contributed by atoms with Crippen molar-refractivity contribution in [3.8, 4) is 5.75 Å². The summed E-state index contributed by atoms with van der Waals surface area (Å²) in [6, 6.07) is 17.4. The zero-order valence-electron chi connectivity index (χ0n) is 15.3. The molecule has 2 N–H and O–H groups in total. The third-order valence-corrected chi connectivity index (χ3v) is 5.75. The number of aromatic hydroxyl groups is 1. The third kappa shape index (κ3) is 4.68. The Labute approximate surface area is 163 Å². The van der Waals surface area contributed by atoms with Crippen molar-refractivity contribution in [2.75, 3.05) is 6.61 Å². The summed E-state index contributed by atoms with van der Waals surface area (Å²) >= 11 is 0. The van der Waals surface area contributed by atoms with Crippen LogP contribution in [0, 0.1) is 0 Å². The van der Waals surface area contributed by atoms with Gasteiger partial charge in [0.25, 0.3) is 0 Å². The highest BCUT2D eigenvalue weighted by Crippen LogP contribution is 2.20. The number of rotatable bonds is 7. The average Bonchev–Trinajstić information content (AvgIpc) is 2.69. The topological polar surface area (TPSA) is 92.7 Å². The molecule has 6 nitrogen and oxygen atoms in total. The van der Waals surface area contributed by atoms with Crippen molar-refractivity contribution in [2.45, 2.75) is 24.3 Å². The molecule has 0 saturated carbocycles. The second-order valence-corrected chi connectivity index (χ2v) is 8.02. The Morgan fingerprint density at radius 1 is 1.04 bits per heavy atom. The van der Waals surface area contributed by atoms with E-state index in [0.29, 0.717) is 5.56 Å². The summed E-state index contributed by atoms with van der Waals surface area (Å²) in [5.41, 5.74) is 0.692. The van der Waals surface area contributed by atoms with E-state index in [1.807, 2.05) is 24.3 Å². The second kappa shape index (κ2) is 8.41. The highest BCUT2D eigenvalue weighted by Gasteiger charge is 2.27. The number of hydrogen-bond donors (Lipinski definition) is 2. The van der Waals surface area contributed by atoms with Gasteiger partial charge in [0.2, 0.25) is 10.0 Å². The maximum atomic E-state index is 12.9. The summed E-state index contributed by atoms with van der Waals surface area (Å²) in [7, 11) is -3.94. The molecule has 0 aliphatic carbocycles. The van der Waals surface area contributed by atoms with E-state index in [0.717, 1.165) is 10.8 Å². The van der Waals surface area contributed by atoms with Crippen LogP contribution in [-0.4, -0.2) is 32.1 Å². The van der Waals surface area contributed by atoms with Crippen LogP contribution in [0.4, 0.5) is 0 Å². The first-order chi connectivity index (χ1) is 13.4. The van der Waals surface area contributed by atoms with Crippen LogP contribution in [0.2, 0.25) is 0 Å². The number of fused-ring (bicyclic) bond motifs is 1. The van der Waals surface area contributed by atoms with Gasteiger partial charge in [-0.2, -0.15) is 4.72 Å². The molecule has 0 aliphatic heterocycles. The Morgan fingerprint density at radius 3 is 2.39 bits per heavy atom. The molecule has 0 saturated heterocycles. The minimum atomic E-state index is -3.94. The van der Waals surface area contributed by atoms with Crippen LogP contribution >= 0.6 is 0 Å². The number of phenols is 1. The Bertz CT molecular complexity index is 1080. The first-order valence-corrected chi connectivity index (χ1v) is 10.3. The summed E-state index contributed by atoms with van der Waals surface area (Å²) < 4.78 is 33.3. The third-order valence-electron chi connectivity index (χ3n) is 4.28. The van der Waals surface area contributed by atoms with Gasteiger partial charge in [0.1, 0.15) is 11.8 Å². The molecular weight excluding hydrogens is 378 g/mol. The molecule has 0 radical (unpaired) electrons. The lowest BCUT2D eigenvalue weighted by atomic mass is 10.1. The molecule has 0 amide bonds. The summed E-state index contributed by atoms with van der Waals surface area (Å²) in [6.45, 7) is 1.80. The van der Waals surface area contributed by atoms with Crippen molar-refractivity contribution >= 4 is 26.8 Å². The van der Waals surface area contributed by atoms with E-state index < -0.39 is 22.0 Å². The van der Waals surface area contributed by atoms with Crippen LogP contribution in [0.15, 0.2) is 71.6 Å². The van der Waals surface area contributed by atoms with Crippen molar-refractivity contribution < 1.29 is 23.1 Å². The minimum Gasteiger partial charge on any atom is -0.508 e. The number of nitrogens with one attached hydrogen (secondary N) is 1. The number of carbonyl (C=O) groups is 1. The van der Waals surface area contributed by atoms with Gasteiger partial charge < -0.3 is 9.84 Å². The number of hydrogen-bond acceptors (Lipinski definition) is 5. The standard InChI is InChI=1S/C21H21NO5S/c1-2-27-21(24)20(13-15-7-10-18(23)11-8-15)22-28(25,26)19-12-9-16-5-3-4-6-17(16)14-19/h3-12,14,20,22-23H,2,13H2,1H3. The lowest BCUT2D eigenvalue weighted by Gasteiger charge is -2.18. The van der Waals surface area contributed by atoms with Gasteiger partial charge in [-0.3, -0.25) is 4.79 Å². The lowest BCUT2D eigenvalue weighted by molar-refractivity contribution is -0.145. The minimum absolute atomic E-state index is 0.0752. The number of ether oxygens (including phenoxy) is 1. The predicted octanol–water partition coefficient (Wildman–Crippen LogP) is 3.00. The maximum absolute atomic E-state index is 12.9. The quantitative estimate of drug-likeness (QED) is 0.596. The molecule has 3 aromatic carbocycles. The van der Waals surface area contributed by atoms with Crippen LogP contribution in [0.5, 0.6) is 5.75 Å². The van der Waals surface area contributed by atoms with Gasteiger partial charge in [0.15, 0.2) is 0 Å². The fourth-order valence-electron chi connectivity index (χ4n) is 2.87. The molecule has 0 aromatic heterocycles. The molecule has 7 heteroatoms. The van der Waals surface area contributed by atoms with Crippen LogP contribution < -0.4 is 4.72 Å². The van der Waals surface area contributed by atoms with Gasteiger partial charge in [-0.1, -0.05) is 42.5 Å². The van der Waals surface area contributed by atoms with Crippen LogP contribution in [0.1, 0.15) is 12.5 Å². The average molecular weight is 399 g/mol. The Balaban J connectivity index is 1.88. The van der Waals surface area contributed by atoms with Crippen molar-refractivity contribution in [3.05, 3.63) is 72.3 Å². The van der Waals surface area contributed by atoms with Gasteiger partial charge in [0, 0.05) is 0 Å². The van der Waals surface area contributed by atoms with Crippen molar-refractivity contribution in [2.24, 2.45) is 0 Å². The molecule has 3 rings (SSSR count). The maximum Gasteiger partial charge on any atom is 0.324 e. The fourth-order valence-corrected chi connectivity index (χ4v) is 4.09. The summed E-state index contributed by atoms with van der Waals surface area (Å²) in [6.07, 6.45) is 0.103. The molecule has 0 spiro atoms. The molecule has 28 heavy (non-hydrogen) atoms. The second-order valence-electron chi connectivity index (χ2n) is 6.31. The monoisotopic (exact) mass is 399 g/mol. The van der Waals surface area contributed by atoms with E-state index in [-0.39, 0.29) is 23.7 Å². The predicted molar refractivity (Wildman–Crippen MR) is 107 cm³/mol. The van der Waals surface area contributed by atoms with Gasteiger partial charge >= 0.3 is 5.97 Å². The molecule has 0 heterocycles. The van der Waals surface area contributed by atoms with Crippen LogP contribution in [0.3, 0.4) is 0 Å². The lowest BCUT2D eigenvalue weighted by Crippen LogP contribution is -2.43. The van der Waals surface area contributed by atoms with Crippen molar-refractivity contribution in [1.82, 2.24) is 4.72 Å². The van der Waals surface area contributed by atoms with Crippen molar-refractivity contribution in [3.63, 3.8) is 0 Å². The number of phenolic OH excluding ortho intramolecular Hbond substituents is 1. The number of sulfonamides is 1. The highest BCUT2D eigenvalue weighted by molar-refractivity contribution is 7.89. The van der Waals surface area contributed by atoms with E-state index >= 15 is 0 Å². The highest BCUT2D eigenvalue weighted by atomic mass is 32.2. The van der Waals surface area contributed by atoms with Crippen molar-refractivity contribution in [1.29, 1.82) is 0 Å². The SMILES string of the molecule is CCOC(=O)C(Cc1ccc(O)cc1)NS(=O)(=O)c1ccc2ccccc2c1. The van der Waals surface area contributed by atoms with Gasteiger partial charge in [0.05, 0.1) is 11.5 Å². The van der Waals surface area contributed by atoms with Gasteiger partial charge in [-0.25, -0.2) is 8.42 Å². The van der Waals surface area contributed by atoms with Gasteiger partial charge in [-0.15, -0.1) is 0 Å². The Morgan fingerprint density at radius 2 is 1.71 bits per heavy atom. The van der Waals surface area contributed by atoms with Crippen LogP contribution in [0.25, 0.3) is 10.8 Å². The van der Waals surface area contributed by atoms with Gasteiger partial charge in [-0.05, 0) is 53.9 Å². The molecule has 146 valence electrons. The molecule has 1 unspecified atom stereocenters. The molecule has 0 bridgehead atoms. The van der Waals surface area contributed by atoms with E-state index in [9.17, 15) is 18.3 Å². The first kappa shape index (κ1) is 19.9. The molecule has 1 atom stereocenters. The Hall–Kier alpha value is -2.90. The summed E-state index contributed by atoms with van der Waals surface area (Å²) in [4.78, 5) is 12.4. The van der Waals surface area contributed by atoms with E-state index in [1.54, 1.807) is 31.2 Å². The number of carbonyl (C=O) groups excluding carboxylic acids is 1. The number of esters is 1. The zero-order valence-corrected chi connectivity index (χ0v) is 16.1. The molecular formula is C21H21NO5S. The fraction of sp³-hybridized carbons (Fsp3) is 0.190. The molecule has 3 aromatic rings. The zero-order chi connectivity index (χ0) is 20.1. The van der Waals surface area contributed by atoms with E-state index in [2.05, 4.69) is 4.72 Å².